The maximum Gasteiger partial charge on any atom is 0.313 e. The van der Waals surface area contributed by atoms with Gasteiger partial charge in [0.2, 0.25) is 0 Å². The summed E-state index contributed by atoms with van der Waals surface area (Å²) in [5.41, 5.74) is -0.698. The molecular formula is C35H60O4. The number of esters is 2. The van der Waals surface area contributed by atoms with E-state index < -0.39 is 5.41 Å². The second kappa shape index (κ2) is 12.4. The van der Waals surface area contributed by atoms with Crippen LogP contribution in [0.15, 0.2) is 0 Å². The van der Waals surface area contributed by atoms with Crippen molar-refractivity contribution in [3.63, 3.8) is 0 Å². The predicted octanol–water partition coefficient (Wildman–Crippen LogP) is 8.71. The molecule has 0 saturated heterocycles. The smallest absolute Gasteiger partial charge is 0.313 e. The van der Waals surface area contributed by atoms with Crippen LogP contribution in [0.5, 0.6) is 0 Å². The van der Waals surface area contributed by atoms with Crippen LogP contribution < -0.4 is 0 Å². The standard InChI is InChI=1S/C35H60O4/c1-20(2)26-13-10-23(7)16-29(26)35(34(37)39-32-18-25(9)12-15-28(32)22(5)6)19-30(35)33(36)38-31-17-24(8)11-14-27(31)21(3)4/h20-32H,10-19H2,1-9H3/t23-,24-,25-,26+,27+,28+,29+,30?,31-,32-,35?/m1/s1. The molecule has 0 radical (unpaired) electrons. The van der Waals surface area contributed by atoms with Crippen LogP contribution in [0.1, 0.15) is 127 Å². The van der Waals surface area contributed by atoms with Crippen molar-refractivity contribution in [2.75, 3.05) is 0 Å². The first-order valence-electron chi connectivity index (χ1n) is 16.8. The van der Waals surface area contributed by atoms with Crippen LogP contribution in [0, 0.1) is 70.5 Å². The molecule has 0 aromatic rings. The quantitative estimate of drug-likeness (QED) is 0.287. The zero-order valence-electron chi connectivity index (χ0n) is 26.7. The number of rotatable bonds is 8. The first kappa shape index (κ1) is 30.9. The lowest BCUT2D eigenvalue weighted by Gasteiger charge is -2.43. The summed E-state index contributed by atoms with van der Waals surface area (Å²) in [4.78, 5) is 28.4. The summed E-state index contributed by atoms with van der Waals surface area (Å²) in [6.45, 7) is 20.5. The van der Waals surface area contributed by atoms with Gasteiger partial charge in [-0.25, -0.2) is 0 Å². The van der Waals surface area contributed by atoms with E-state index in [1.165, 1.54) is 19.3 Å². The van der Waals surface area contributed by atoms with Crippen molar-refractivity contribution in [2.45, 2.75) is 139 Å². The summed E-state index contributed by atoms with van der Waals surface area (Å²) < 4.78 is 13.0. The molecule has 0 aromatic carbocycles. The SMILES string of the molecule is CC(C)[C@@H]1CC[C@@H](C)C[C@H]1OC(=O)C1CC1(C(=O)O[C@@H]1C[C@H](C)CC[C@H]1C(C)C)[C@H]1C[C@H](C)CC[C@H]1C(C)C. The molecule has 4 aliphatic carbocycles. The lowest BCUT2D eigenvalue weighted by Crippen LogP contribution is -2.44. The van der Waals surface area contributed by atoms with Crippen LogP contribution in [0.2, 0.25) is 0 Å². The molecule has 0 aliphatic heterocycles. The van der Waals surface area contributed by atoms with Crippen molar-refractivity contribution < 1.29 is 19.1 Å². The Kier molecular flexibility index (Phi) is 9.85. The summed E-state index contributed by atoms with van der Waals surface area (Å²) in [6.07, 6.45) is 10.5. The van der Waals surface area contributed by atoms with Gasteiger partial charge < -0.3 is 9.47 Å². The number of ether oxygens (including phenoxy) is 2. The molecule has 224 valence electrons. The zero-order valence-corrected chi connectivity index (χ0v) is 26.7. The van der Waals surface area contributed by atoms with Gasteiger partial charge in [0.1, 0.15) is 12.2 Å². The average molecular weight is 545 g/mol. The first-order valence-corrected chi connectivity index (χ1v) is 16.8. The van der Waals surface area contributed by atoms with E-state index in [1.54, 1.807) is 0 Å². The van der Waals surface area contributed by atoms with E-state index in [1.807, 2.05) is 0 Å². The predicted molar refractivity (Wildman–Crippen MR) is 158 cm³/mol. The molecule has 0 bridgehead atoms. The summed E-state index contributed by atoms with van der Waals surface area (Å²) in [5.74, 6) is 4.17. The topological polar surface area (TPSA) is 52.6 Å². The molecule has 39 heavy (non-hydrogen) atoms. The maximum absolute atomic E-state index is 14.4. The van der Waals surface area contributed by atoms with Crippen LogP contribution >= 0.6 is 0 Å². The van der Waals surface area contributed by atoms with E-state index in [2.05, 4.69) is 62.3 Å². The Morgan fingerprint density at radius 2 is 1.05 bits per heavy atom. The third kappa shape index (κ3) is 6.56. The van der Waals surface area contributed by atoms with Gasteiger partial charge in [0.25, 0.3) is 0 Å². The number of hydrogen-bond donors (Lipinski definition) is 0. The van der Waals surface area contributed by atoms with Gasteiger partial charge in [0.05, 0.1) is 11.3 Å². The molecule has 4 rings (SSSR count). The molecular weight excluding hydrogens is 484 g/mol. The third-order valence-corrected chi connectivity index (χ3v) is 11.8. The van der Waals surface area contributed by atoms with E-state index in [-0.39, 0.29) is 36.0 Å². The fourth-order valence-electron chi connectivity index (χ4n) is 9.13. The Labute approximate surface area is 240 Å². The Morgan fingerprint density at radius 3 is 1.54 bits per heavy atom. The molecule has 4 heteroatoms. The minimum atomic E-state index is -0.698. The van der Waals surface area contributed by atoms with Gasteiger partial charge >= 0.3 is 11.9 Å². The van der Waals surface area contributed by atoms with Crippen LogP contribution in [-0.4, -0.2) is 24.1 Å². The van der Waals surface area contributed by atoms with E-state index in [0.29, 0.717) is 59.7 Å². The lowest BCUT2D eigenvalue weighted by molar-refractivity contribution is -0.173. The second-order valence-corrected chi connectivity index (χ2v) is 15.8. The van der Waals surface area contributed by atoms with E-state index in [4.69, 9.17) is 9.47 Å². The van der Waals surface area contributed by atoms with E-state index >= 15 is 0 Å². The lowest BCUT2D eigenvalue weighted by atomic mass is 9.63. The summed E-state index contributed by atoms with van der Waals surface area (Å²) in [6, 6.07) is 0. The first-order chi connectivity index (χ1) is 18.3. The van der Waals surface area contributed by atoms with Crippen LogP contribution in [-0.2, 0) is 19.1 Å². The molecule has 4 saturated carbocycles. The number of carbonyl (C=O) groups excluding carboxylic acids is 2. The molecule has 0 spiro atoms. The molecule has 0 amide bonds. The third-order valence-electron chi connectivity index (χ3n) is 11.8. The minimum Gasteiger partial charge on any atom is -0.462 e. The van der Waals surface area contributed by atoms with Gasteiger partial charge in [-0.1, -0.05) is 81.6 Å². The summed E-state index contributed by atoms with van der Waals surface area (Å²) in [7, 11) is 0. The van der Waals surface area contributed by atoms with Crippen LogP contribution in [0.4, 0.5) is 0 Å². The highest BCUT2D eigenvalue weighted by molar-refractivity contribution is 5.91. The van der Waals surface area contributed by atoms with Crippen molar-refractivity contribution in [1.29, 1.82) is 0 Å². The van der Waals surface area contributed by atoms with Crippen molar-refractivity contribution in [3.8, 4) is 0 Å². The fraction of sp³-hybridized carbons (Fsp3) is 0.943. The summed E-state index contributed by atoms with van der Waals surface area (Å²) >= 11 is 0. The molecule has 0 N–H and O–H groups in total. The number of hydrogen-bond acceptors (Lipinski definition) is 4. The Bertz CT molecular complexity index is 848. The van der Waals surface area contributed by atoms with Crippen molar-refractivity contribution in [1.82, 2.24) is 0 Å². The fourth-order valence-corrected chi connectivity index (χ4v) is 9.13. The van der Waals surface area contributed by atoms with Gasteiger partial charge in [-0.2, -0.15) is 0 Å². The highest BCUT2D eigenvalue weighted by atomic mass is 16.6. The van der Waals surface area contributed by atoms with E-state index in [9.17, 15) is 9.59 Å². The monoisotopic (exact) mass is 544 g/mol. The molecule has 4 fully saturated rings. The number of carbonyl (C=O) groups is 2. The second-order valence-electron chi connectivity index (χ2n) is 15.8. The van der Waals surface area contributed by atoms with E-state index in [0.717, 1.165) is 38.5 Å². The van der Waals surface area contributed by atoms with Gasteiger partial charge in [0.15, 0.2) is 0 Å². The molecule has 0 heterocycles. The molecule has 4 nitrogen and oxygen atoms in total. The highest BCUT2D eigenvalue weighted by Crippen LogP contribution is 2.65. The Balaban J connectivity index is 1.60. The highest BCUT2D eigenvalue weighted by Gasteiger charge is 2.71. The molecule has 2 unspecified atom stereocenters. The zero-order chi connectivity index (χ0) is 28.6. The van der Waals surface area contributed by atoms with Crippen molar-refractivity contribution >= 4 is 11.9 Å². The van der Waals surface area contributed by atoms with Crippen molar-refractivity contribution in [3.05, 3.63) is 0 Å². The Morgan fingerprint density at radius 1 is 0.615 bits per heavy atom. The summed E-state index contributed by atoms with van der Waals surface area (Å²) in [5, 5.41) is 0. The largest absolute Gasteiger partial charge is 0.462 e. The Hall–Kier alpha value is -1.06. The average Bonchev–Trinajstić information content (AvgIpc) is 3.61. The minimum absolute atomic E-state index is 0.0220. The van der Waals surface area contributed by atoms with Crippen LogP contribution in [0.3, 0.4) is 0 Å². The van der Waals surface area contributed by atoms with Crippen LogP contribution in [0.25, 0.3) is 0 Å². The van der Waals surface area contributed by atoms with Gasteiger partial charge in [0, 0.05) is 0 Å². The maximum atomic E-state index is 14.4. The molecule has 0 aromatic heterocycles. The molecule has 11 atom stereocenters. The van der Waals surface area contributed by atoms with Gasteiger partial charge in [-0.15, -0.1) is 0 Å². The van der Waals surface area contributed by atoms with Gasteiger partial charge in [-0.05, 0) is 104 Å². The van der Waals surface area contributed by atoms with Gasteiger partial charge in [-0.3, -0.25) is 9.59 Å². The molecule has 4 aliphatic rings. The van der Waals surface area contributed by atoms with Crippen molar-refractivity contribution in [2.24, 2.45) is 70.5 Å². The normalized spacial score (nSPS) is 43.0.